The zero-order valence-electron chi connectivity index (χ0n) is 11.5. The number of aromatic nitrogens is 1. The summed E-state index contributed by atoms with van der Waals surface area (Å²) in [7, 11) is 2.19. The summed E-state index contributed by atoms with van der Waals surface area (Å²) >= 11 is 0. The molecule has 1 aromatic rings. The van der Waals surface area contributed by atoms with Crippen molar-refractivity contribution in [2.45, 2.75) is 44.1 Å². The summed E-state index contributed by atoms with van der Waals surface area (Å²) in [6.07, 6.45) is 6.18. The Morgan fingerprint density at radius 2 is 2.00 bits per heavy atom. The van der Waals surface area contributed by atoms with E-state index in [1.807, 2.05) is 18.3 Å². The van der Waals surface area contributed by atoms with Gasteiger partial charge in [-0.15, -0.1) is 0 Å². The minimum absolute atomic E-state index is 0.248. The Labute approximate surface area is 114 Å². The highest BCUT2D eigenvalue weighted by Gasteiger charge is 2.40. The molecule has 0 amide bonds. The quantitative estimate of drug-likeness (QED) is 0.836. The molecule has 1 aliphatic carbocycles. The zero-order valence-corrected chi connectivity index (χ0v) is 11.5. The lowest BCUT2D eigenvalue weighted by Gasteiger charge is -2.39. The topological polar surface area (TPSA) is 34.6 Å². The average Bonchev–Trinajstić information content (AvgIpc) is 2.89. The fourth-order valence-corrected chi connectivity index (χ4v) is 3.15. The molecule has 2 fully saturated rings. The van der Waals surface area contributed by atoms with Gasteiger partial charge >= 0.3 is 0 Å². The van der Waals surface area contributed by atoms with Crippen LogP contribution in [-0.4, -0.2) is 42.0 Å². The van der Waals surface area contributed by atoms with E-state index >= 15 is 0 Å². The molecule has 2 heterocycles. The Morgan fingerprint density at radius 3 is 2.63 bits per heavy atom. The molecule has 2 aliphatic rings. The third-order valence-electron chi connectivity index (χ3n) is 4.29. The number of hydrogen-bond donors (Lipinski definition) is 0. The van der Waals surface area contributed by atoms with Gasteiger partial charge in [0, 0.05) is 31.6 Å². The molecule has 0 atom stereocenters. The molecule has 1 aromatic heterocycles. The van der Waals surface area contributed by atoms with Crippen molar-refractivity contribution in [1.29, 1.82) is 0 Å². The first kappa shape index (κ1) is 13.0. The normalized spacial score (nSPS) is 23.3. The van der Waals surface area contributed by atoms with Crippen molar-refractivity contribution >= 4 is 0 Å². The van der Waals surface area contributed by atoms with Crippen molar-refractivity contribution in [2.24, 2.45) is 0 Å². The molecule has 1 saturated heterocycles. The molecule has 1 saturated carbocycles. The van der Waals surface area contributed by atoms with Crippen molar-refractivity contribution in [3.8, 4) is 0 Å². The first-order chi connectivity index (χ1) is 9.27. The maximum absolute atomic E-state index is 5.77. The van der Waals surface area contributed by atoms with Gasteiger partial charge in [0.05, 0.1) is 18.9 Å². The Balaban J connectivity index is 1.53. The highest BCUT2D eigenvalue weighted by molar-refractivity contribution is 5.03. The largest absolute Gasteiger partial charge is 0.348 e. The lowest BCUT2D eigenvalue weighted by molar-refractivity contribution is -0.183. The van der Waals surface area contributed by atoms with Gasteiger partial charge in [0.25, 0.3) is 0 Å². The molecule has 0 N–H and O–H groups in total. The van der Waals surface area contributed by atoms with Gasteiger partial charge in [0.15, 0.2) is 5.79 Å². The number of ether oxygens (including phenoxy) is 2. The second-order valence-corrected chi connectivity index (χ2v) is 5.57. The van der Waals surface area contributed by atoms with Crippen molar-refractivity contribution in [3.63, 3.8) is 0 Å². The molecule has 1 aliphatic heterocycles. The summed E-state index contributed by atoms with van der Waals surface area (Å²) in [6.45, 7) is 2.43. The Kier molecular flexibility index (Phi) is 3.82. The van der Waals surface area contributed by atoms with Crippen LogP contribution in [0.3, 0.4) is 0 Å². The van der Waals surface area contributed by atoms with Crippen molar-refractivity contribution in [1.82, 2.24) is 9.88 Å². The van der Waals surface area contributed by atoms with Crippen molar-refractivity contribution < 1.29 is 9.47 Å². The van der Waals surface area contributed by atoms with Crippen LogP contribution in [0.1, 0.15) is 31.4 Å². The number of rotatable bonds is 3. The maximum Gasteiger partial charge on any atom is 0.168 e. The van der Waals surface area contributed by atoms with Crippen LogP contribution in [0.15, 0.2) is 24.4 Å². The number of hydrogen-bond acceptors (Lipinski definition) is 4. The van der Waals surface area contributed by atoms with Crippen LogP contribution in [0.25, 0.3) is 0 Å². The molecule has 0 unspecified atom stereocenters. The van der Waals surface area contributed by atoms with Crippen molar-refractivity contribution in [3.05, 3.63) is 30.1 Å². The second-order valence-electron chi connectivity index (χ2n) is 5.57. The summed E-state index contributed by atoms with van der Waals surface area (Å²) in [5.41, 5.74) is 1.14. The Morgan fingerprint density at radius 1 is 1.26 bits per heavy atom. The van der Waals surface area contributed by atoms with E-state index in [0.717, 1.165) is 51.1 Å². The minimum Gasteiger partial charge on any atom is -0.348 e. The molecule has 104 valence electrons. The van der Waals surface area contributed by atoms with E-state index in [0.29, 0.717) is 6.04 Å². The smallest absolute Gasteiger partial charge is 0.168 e. The van der Waals surface area contributed by atoms with Gasteiger partial charge in [-0.3, -0.25) is 9.88 Å². The van der Waals surface area contributed by atoms with Crippen LogP contribution in [-0.2, 0) is 16.0 Å². The van der Waals surface area contributed by atoms with Crippen LogP contribution >= 0.6 is 0 Å². The van der Waals surface area contributed by atoms with Crippen molar-refractivity contribution in [2.75, 3.05) is 20.3 Å². The predicted molar refractivity (Wildman–Crippen MR) is 72.6 cm³/mol. The summed E-state index contributed by atoms with van der Waals surface area (Å²) < 4.78 is 11.5. The summed E-state index contributed by atoms with van der Waals surface area (Å²) in [5, 5.41) is 0. The molecule has 19 heavy (non-hydrogen) atoms. The second kappa shape index (κ2) is 5.57. The van der Waals surface area contributed by atoms with Gasteiger partial charge in [-0.2, -0.15) is 0 Å². The van der Waals surface area contributed by atoms with Gasteiger partial charge in [-0.1, -0.05) is 6.07 Å². The molecule has 4 nitrogen and oxygen atoms in total. The SMILES string of the molecule is CN(Cc1ccccn1)C1CCC2(CC1)OCCO2. The van der Waals surface area contributed by atoms with E-state index in [1.54, 1.807) is 0 Å². The van der Waals surface area contributed by atoms with E-state index in [1.165, 1.54) is 0 Å². The lowest BCUT2D eigenvalue weighted by atomic mass is 9.89. The van der Waals surface area contributed by atoms with E-state index < -0.39 is 0 Å². The van der Waals surface area contributed by atoms with Crippen LogP contribution in [0.2, 0.25) is 0 Å². The average molecular weight is 262 g/mol. The molecule has 0 aromatic carbocycles. The molecule has 1 spiro atoms. The standard InChI is InChI=1S/C15H22N2O2/c1-17(12-13-4-2-3-9-16-13)14-5-7-15(8-6-14)18-10-11-19-15/h2-4,9,14H,5-8,10-12H2,1H3. The molecule has 4 heteroatoms. The van der Waals surface area contributed by atoms with Gasteiger partial charge in [0.2, 0.25) is 0 Å². The number of pyridine rings is 1. The third-order valence-corrected chi connectivity index (χ3v) is 4.29. The molecule has 0 radical (unpaired) electrons. The number of nitrogens with zero attached hydrogens (tertiary/aromatic N) is 2. The fraction of sp³-hybridized carbons (Fsp3) is 0.667. The Hall–Kier alpha value is -0.970. The molecular formula is C15H22N2O2. The monoisotopic (exact) mass is 262 g/mol. The van der Waals surface area contributed by atoms with Crippen LogP contribution in [0.4, 0.5) is 0 Å². The van der Waals surface area contributed by atoms with Crippen LogP contribution < -0.4 is 0 Å². The first-order valence-corrected chi connectivity index (χ1v) is 7.15. The van der Waals surface area contributed by atoms with Gasteiger partial charge in [0.1, 0.15) is 0 Å². The molecule has 0 bridgehead atoms. The third kappa shape index (κ3) is 2.96. The highest BCUT2D eigenvalue weighted by atomic mass is 16.7. The summed E-state index contributed by atoms with van der Waals surface area (Å²) in [5.74, 6) is -0.248. The summed E-state index contributed by atoms with van der Waals surface area (Å²) in [6, 6.07) is 6.71. The van der Waals surface area contributed by atoms with E-state index in [4.69, 9.17) is 9.47 Å². The first-order valence-electron chi connectivity index (χ1n) is 7.15. The highest BCUT2D eigenvalue weighted by Crippen LogP contribution is 2.37. The maximum atomic E-state index is 5.77. The van der Waals surface area contributed by atoms with E-state index in [2.05, 4.69) is 23.0 Å². The van der Waals surface area contributed by atoms with Gasteiger partial charge < -0.3 is 9.47 Å². The predicted octanol–water partition coefficient (Wildman–Crippen LogP) is 2.20. The van der Waals surface area contributed by atoms with Gasteiger partial charge in [-0.05, 0) is 32.0 Å². The Bertz CT molecular complexity index is 394. The zero-order chi connectivity index (χ0) is 13.1. The summed E-state index contributed by atoms with van der Waals surface area (Å²) in [4.78, 5) is 6.80. The van der Waals surface area contributed by atoms with Crippen LogP contribution in [0.5, 0.6) is 0 Å². The van der Waals surface area contributed by atoms with Gasteiger partial charge in [-0.25, -0.2) is 0 Å². The van der Waals surface area contributed by atoms with E-state index in [-0.39, 0.29) is 5.79 Å². The molecular weight excluding hydrogens is 240 g/mol. The lowest BCUT2D eigenvalue weighted by Crippen LogP contribution is -2.42. The minimum atomic E-state index is -0.248. The fourth-order valence-electron chi connectivity index (χ4n) is 3.15. The molecule has 3 rings (SSSR count). The van der Waals surface area contributed by atoms with Crippen LogP contribution in [0, 0.1) is 0 Å². The van der Waals surface area contributed by atoms with E-state index in [9.17, 15) is 0 Å².